The van der Waals surface area contributed by atoms with Gasteiger partial charge in [-0.2, -0.15) is 0 Å². The van der Waals surface area contributed by atoms with Crippen LogP contribution in [0.2, 0.25) is 10.2 Å². The maximum atomic E-state index is 12.2. The summed E-state index contributed by atoms with van der Waals surface area (Å²) in [6, 6.07) is 6.45. The molecule has 104 valence electrons. The number of carbonyl (C=O) groups is 1. The lowest BCUT2D eigenvalue weighted by Gasteiger charge is -2.10. The Morgan fingerprint density at radius 1 is 1.35 bits per heavy atom. The number of nitrogens with zero attached hydrogens (tertiary/aromatic N) is 1. The number of ether oxygens (including phenoxy) is 1. The van der Waals surface area contributed by atoms with Gasteiger partial charge >= 0.3 is 0 Å². The molecule has 1 aromatic heterocycles. The molecule has 0 aliphatic rings. The number of carbonyl (C=O) groups excluding carboxylic acids is 1. The fraction of sp³-hybridized carbons (Fsp3) is 0.0769. The first kappa shape index (κ1) is 15.1. The smallest absolute Gasteiger partial charge is 0.259 e. The number of anilines is 1. The highest BCUT2D eigenvalue weighted by molar-refractivity contribution is 9.10. The van der Waals surface area contributed by atoms with E-state index in [1.807, 2.05) is 0 Å². The second-order valence-corrected chi connectivity index (χ2v) is 5.44. The zero-order chi connectivity index (χ0) is 14.7. The molecule has 0 aliphatic carbocycles. The summed E-state index contributed by atoms with van der Waals surface area (Å²) in [6.07, 6.45) is 1.47. The molecule has 4 nitrogen and oxygen atoms in total. The molecule has 20 heavy (non-hydrogen) atoms. The van der Waals surface area contributed by atoms with E-state index in [0.717, 1.165) is 0 Å². The molecule has 0 bridgehead atoms. The average molecular weight is 376 g/mol. The van der Waals surface area contributed by atoms with Gasteiger partial charge in [0.2, 0.25) is 0 Å². The van der Waals surface area contributed by atoms with Crippen LogP contribution < -0.4 is 10.1 Å². The van der Waals surface area contributed by atoms with Crippen LogP contribution in [-0.2, 0) is 0 Å². The van der Waals surface area contributed by atoms with Gasteiger partial charge in [0, 0.05) is 5.02 Å². The van der Waals surface area contributed by atoms with Gasteiger partial charge in [-0.15, -0.1) is 0 Å². The van der Waals surface area contributed by atoms with Gasteiger partial charge in [0.25, 0.3) is 5.91 Å². The van der Waals surface area contributed by atoms with Gasteiger partial charge in [0.05, 0.1) is 29.0 Å². The molecule has 1 heterocycles. The van der Waals surface area contributed by atoms with Crippen molar-refractivity contribution in [3.8, 4) is 5.75 Å². The first-order valence-corrected chi connectivity index (χ1v) is 7.02. The van der Waals surface area contributed by atoms with Crippen LogP contribution in [-0.4, -0.2) is 18.0 Å². The van der Waals surface area contributed by atoms with Gasteiger partial charge in [-0.25, -0.2) is 4.98 Å². The highest BCUT2D eigenvalue weighted by Crippen LogP contribution is 2.26. The van der Waals surface area contributed by atoms with Crippen molar-refractivity contribution in [1.29, 1.82) is 0 Å². The zero-order valence-electron chi connectivity index (χ0n) is 10.3. The topological polar surface area (TPSA) is 51.2 Å². The third kappa shape index (κ3) is 3.42. The molecule has 2 rings (SSSR count). The molecule has 0 radical (unpaired) electrons. The molecule has 1 aromatic carbocycles. The molecule has 0 aliphatic heterocycles. The summed E-state index contributed by atoms with van der Waals surface area (Å²) in [5.41, 5.74) is 0.895. The van der Waals surface area contributed by atoms with E-state index in [9.17, 15) is 4.79 Å². The van der Waals surface area contributed by atoms with Gasteiger partial charge in [-0.05, 0) is 40.2 Å². The molecule has 0 saturated carbocycles. The van der Waals surface area contributed by atoms with Crippen LogP contribution in [0.25, 0.3) is 0 Å². The van der Waals surface area contributed by atoms with Crippen LogP contribution in [0.1, 0.15) is 10.4 Å². The summed E-state index contributed by atoms with van der Waals surface area (Å²) in [6.45, 7) is 0. The minimum Gasteiger partial charge on any atom is -0.496 e. The summed E-state index contributed by atoms with van der Waals surface area (Å²) in [5, 5.41) is 3.53. The molecule has 0 saturated heterocycles. The summed E-state index contributed by atoms with van der Waals surface area (Å²) >= 11 is 14.9. The number of aromatic nitrogens is 1. The minimum atomic E-state index is -0.325. The SMILES string of the molecule is COc1cc(Cl)ccc1C(=O)Nc1cnc(Cl)c(Br)c1. The van der Waals surface area contributed by atoms with Crippen LogP contribution in [0.15, 0.2) is 34.9 Å². The zero-order valence-corrected chi connectivity index (χ0v) is 13.4. The molecular weight excluding hydrogens is 367 g/mol. The Kier molecular flexibility index (Phi) is 4.86. The lowest BCUT2D eigenvalue weighted by atomic mass is 10.2. The van der Waals surface area contributed by atoms with Crippen molar-refractivity contribution in [3.05, 3.63) is 50.7 Å². The second kappa shape index (κ2) is 6.43. The molecule has 7 heteroatoms. The van der Waals surface area contributed by atoms with Gasteiger partial charge in [0.15, 0.2) is 0 Å². The van der Waals surface area contributed by atoms with E-state index in [1.54, 1.807) is 24.3 Å². The van der Waals surface area contributed by atoms with Crippen molar-refractivity contribution >= 4 is 50.7 Å². The third-order valence-corrected chi connectivity index (χ3v) is 3.83. The van der Waals surface area contributed by atoms with E-state index < -0.39 is 0 Å². The van der Waals surface area contributed by atoms with Crippen molar-refractivity contribution < 1.29 is 9.53 Å². The summed E-state index contributed by atoms with van der Waals surface area (Å²) in [4.78, 5) is 16.1. The van der Waals surface area contributed by atoms with Crippen LogP contribution in [0, 0.1) is 0 Å². The molecule has 1 amide bonds. The quantitative estimate of drug-likeness (QED) is 0.808. The monoisotopic (exact) mass is 374 g/mol. The fourth-order valence-electron chi connectivity index (χ4n) is 1.54. The Hall–Kier alpha value is -1.30. The first-order chi connectivity index (χ1) is 9.51. The Morgan fingerprint density at radius 3 is 2.75 bits per heavy atom. The number of nitrogens with one attached hydrogen (secondary N) is 1. The molecule has 1 N–H and O–H groups in total. The Balaban J connectivity index is 2.25. The number of rotatable bonds is 3. The maximum Gasteiger partial charge on any atom is 0.259 e. The number of benzene rings is 1. The average Bonchev–Trinajstić information content (AvgIpc) is 2.42. The Bertz CT molecular complexity index is 665. The predicted molar refractivity (Wildman–Crippen MR) is 82.9 cm³/mol. The molecular formula is C13H9BrCl2N2O2. The molecule has 0 atom stereocenters. The van der Waals surface area contributed by atoms with Crippen LogP contribution in [0.4, 0.5) is 5.69 Å². The highest BCUT2D eigenvalue weighted by Gasteiger charge is 2.13. The maximum absolute atomic E-state index is 12.2. The highest BCUT2D eigenvalue weighted by atomic mass is 79.9. The van der Waals surface area contributed by atoms with Crippen molar-refractivity contribution in [3.63, 3.8) is 0 Å². The normalized spacial score (nSPS) is 10.2. The number of halogens is 3. The largest absolute Gasteiger partial charge is 0.496 e. The van der Waals surface area contributed by atoms with Crippen LogP contribution in [0.3, 0.4) is 0 Å². The minimum absolute atomic E-state index is 0.325. The molecule has 0 unspecified atom stereocenters. The number of hydrogen-bond acceptors (Lipinski definition) is 3. The van der Waals surface area contributed by atoms with E-state index >= 15 is 0 Å². The number of amides is 1. The summed E-state index contributed by atoms with van der Waals surface area (Å²) < 4.78 is 5.73. The van der Waals surface area contributed by atoms with E-state index in [1.165, 1.54) is 13.3 Å². The van der Waals surface area contributed by atoms with Crippen molar-refractivity contribution in [2.75, 3.05) is 12.4 Å². The number of hydrogen-bond donors (Lipinski definition) is 1. The van der Waals surface area contributed by atoms with Crippen LogP contribution in [0.5, 0.6) is 5.75 Å². The second-order valence-electron chi connectivity index (χ2n) is 3.80. The Morgan fingerprint density at radius 2 is 2.10 bits per heavy atom. The molecule has 0 fully saturated rings. The molecule has 2 aromatic rings. The van der Waals surface area contributed by atoms with Gasteiger partial charge in [-0.1, -0.05) is 23.2 Å². The standard InChI is InChI=1S/C13H9BrCl2N2O2/c1-20-11-4-7(15)2-3-9(11)13(19)18-8-5-10(14)12(16)17-6-8/h2-6H,1H3,(H,18,19). The van der Waals surface area contributed by atoms with E-state index in [2.05, 4.69) is 26.2 Å². The summed E-state index contributed by atoms with van der Waals surface area (Å²) in [7, 11) is 1.48. The lowest BCUT2D eigenvalue weighted by Crippen LogP contribution is -2.13. The van der Waals surface area contributed by atoms with Crippen molar-refractivity contribution in [2.45, 2.75) is 0 Å². The van der Waals surface area contributed by atoms with E-state index in [4.69, 9.17) is 27.9 Å². The third-order valence-electron chi connectivity index (χ3n) is 2.46. The fourth-order valence-corrected chi connectivity index (χ4v) is 2.16. The van der Waals surface area contributed by atoms with Crippen LogP contribution >= 0.6 is 39.1 Å². The van der Waals surface area contributed by atoms with Crippen molar-refractivity contribution in [1.82, 2.24) is 4.98 Å². The Labute approximate surface area is 134 Å². The summed E-state index contributed by atoms with van der Waals surface area (Å²) in [5.74, 6) is 0.0746. The van der Waals surface area contributed by atoms with Gasteiger partial charge in [-0.3, -0.25) is 4.79 Å². The van der Waals surface area contributed by atoms with Crippen molar-refractivity contribution in [2.24, 2.45) is 0 Å². The predicted octanol–water partition coefficient (Wildman–Crippen LogP) is 4.41. The first-order valence-electron chi connectivity index (χ1n) is 5.47. The molecule has 0 spiro atoms. The van der Waals surface area contributed by atoms with Gasteiger partial charge in [0.1, 0.15) is 10.9 Å². The number of methoxy groups -OCH3 is 1. The van der Waals surface area contributed by atoms with E-state index in [-0.39, 0.29) is 5.91 Å². The van der Waals surface area contributed by atoms with Gasteiger partial charge < -0.3 is 10.1 Å². The van der Waals surface area contributed by atoms with E-state index in [0.29, 0.717) is 31.6 Å². The lowest BCUT2D eigenvalue weighted by molar-refractivity contribution is 0.102. The number of pyridine rings is 1.